The fourth-order valence-corrected chi connectivity index (χ4v) is 4.45. The minimum absolute atomic E-state index is 0.430. The molecule has 3 atom stereocenters. The normalized spacial score (nSPS) is 28.3. The Balaban J connectivity index is 1.86. The van der Waals surface area contributed by atoms with Crippen LogP contribution in [-0.2, 0) is 6.42 Å². The summed E-state index contributed by atoms with van der Waals surface area (Å²) >= 11 is 0. The molecule has 3 rings (SSSR count). The standard InChI is InChI=1S/C18H28N2/c1-2-14-7-3-5-9-16(14)18(13-19)20-12-11-15-8-4-6-10-17(15)20/h3,5,7,9,15,17-18H,2,4,6,8,10-13,19H2,1H3. The summed E-state index contributed by atoms with van der Waals surface area (Å²) in [4.78, 5) is 2.73. The van der Waals surface area contributed by atoms with E-state index in [1.807, 2.05) is 0 Å². The molecular weight excluding hydrogens is 244 g/mol. The van der Waals surface area contributed by atoms with Gasteiger partial charge in [0.1, 0.15) is 0 Å². The van der Waals surface area contributed by atoms with Crippen LogP contribution in [0.5, 0.6) is 0 Å². The van der Waals surface area contributed by atoms with Crippen LogP contribution >= 0.6 is 0 Å². The van der Waals surface area contributed by atoms with Crippen LogP contribution in [0.1, 0.15) is 56.2 Å². The number of hydrogen-bond donors (Lipinski definition) is 1. The smallest absolute Gasteiger partial charge is 0.0476 e. The average Bonchev–Trinajstić information content (AvgIpc) is 2.93. The zero-order valence-corrected chi connectivity index (χ0v) is 12.7. The van der Waals surface area contributed by atoms with Crippen molar-refractivity contribution in [3.63, 3.8) is 0 Å². The first-order valence-electron chi connectivity index (χ1n) is 8.38. The molecule has 1 aliphatic heterocycles. The number of fused-ring (bicyclic) bond motifs is 1. The highest BCUT2D eigenvalue weighted by Gasteiger charge is 2.39. The first-order valence-corrected chi connectivity index (χ1v) is 8.38. The third-order valence-corrected chi connectivity index (χ3v) is 5.47. The number of nitrogens with two attached hydrogens (primary N) is 1. The van der Waals surface area contributed by atoms with E-state index >= 15 is 0 Å². The lowest BCUT2D eigenvalue weighted by Crippen LogP contribution is -2.40. The lowest BCUT2D eigenvalue weighted by atomic mass is 9.84. The van der Waals surface area contributed by atoms with Crippen molar-refractivity contribution in [3.05, 3.63) is 35.4 Å². The fraction of sp³-hybridized carbons (Fsp3) is 0.667. The maximum atomic E-state index is 6.19. The molecule has 1 aromatic rings. The molecule has 1 aliphatic carbocycles. The SMILES string of the molecule is CCc1ccccc1C(CN)N1CCC2CCCCC21. The molecule has 1 heterocycles. The van der Waals surface area contributed by atoms with Crippen LogP contribution in [0.4, 0.5) is 0 Å². The second-order valence-electron chi connectivity index (χ2n) is 6.44. The Morgan fingerprint density at radius 3 is 2.80 bits per heavy atom. The van der Waals surface area contributed by atoms with E-state index in [1.54, 1.807) is 0 Å². The quantitative estimate of drug-likeness (QED) is 0.909. The van der Waals surface area contributed by atoms with E-state index in [2.05, 4.69) is 36.1 Å². The zero-order chi connectivity index (χ0) is 13.9. The van der Waals surface area contributed by atoms with Crippen LogP contribution in [0.2, 0.25) is 0 Å². The van der Waals surface area contributed by atoms with E-state index in [-0.39, 0.29) is 0 Å². The van der Waals surface area contributed by atoms with Gasteiger partial charge in [-0.15, -0.1) is 0 Å². The third kappa shape index (κ3) is 2.51. The fourth-order valence-electron chi connectivity index (χ4n) is 4.45. The van der Waals surface area contributed by atoms with Crippen molar-refractivity contribution >= 4 is 0 Å². The van der Waals surface area contributed by atoms with Crippen molar-refractivity contribution in [1.82, 2.24) is 4.90 Å². The van der Waals surface area contributed by atoms with Gasteiger partial charge >= 0.3 is 0 Å². The summed E-state index contributed by atoms with van der Waals surface area (Å²) in [6, 6.07) is 10.1. The molecule has 2 fully saturated rings. The van der Waals surface area contributed by atoms with Crippen molar-refractivity contribution in [1.29, 1.82) is 0 Å². The first-order chi connectivity index (χ1) is 9.85. The number of nitrogens with zero attached hydrogens (tertiary/aromatic N) is 1. The Bertz CT molecular complexity index is 443. The molecule has 1 saturated heterocycles. The monoisotopic (exact) mass is 272 g/mol. The van der Waals surface area contributed by atoms with E-state index in [9.17, 15) is 0 Å². The topological polar surface area (TPSA) is 29.3 Å². The second-order valence-corrected chi connectivity index (χ2v) is 6.44. The molecule has 0 radical (unpaired) electrons. The van der Waals surface area contributed by atoms with Crippen molar-refractivity contribution in [2.45, 2.75) is 57.5 Å². The summed E-state index contributed by atoms with van der Waals surface area (Å²) in [5.41, 5.74) is 9.14. The molecule has 1 saturated carbocycles. The van der Waals surface area contributed by atoms with Gasteiger partial charge in [-0.05, 0) is 49.3 Å². The summed E-state index contributed by atoms with van der Waals surface area (Å²) < 4.78 is 0. The largest absolute Gasteiger partial charge is 0.329 e. The maximum absolute atomic E-state index is 6.19. The van der Waals surface area contributed by atoms with E-state index in [0.29, 0.717) is 6.04 Å². The summed E-state index contributed by atoms with van der Waals surface area (Å²) in [6.45, 7) is 4.25. The molecule has 2 nitrogen and oxygen atoms in total. The lowest BCUT2D eigenvalue weighted by molar-refractivity contribution is 0.135. The van der Waals surface area contributed by atoms with Gasteiger partial charge in [0.05, 0.1) is 0 Å². The Morgan fingerprint density at radius 1 is 1.20 bits per heavy atom. The van der Waals surface area contributed by atoms with Crippen LogP contribution in [0.15, 0.2) is 24.3 Å². The molecule has 2 N–H and O–H groups in total. The summed E-state index contributed by atoms with van der Waals surface area (Å²) in [5.74, 6) is 0.937. The van der Waals surface area contributed by atoms with Crippen LogP contribution in [-0.4, -0.2) is 24.0 Å². The third-order valence-electron chi connectivity index (χ3n) is 5.47. The Labute approximate surface area is 123 Å². The minimum Gasteiger partial charge on any atom is -0.329 e. The van der Waals surface area contributed by atoms with E-state index in [0.717, 1.165) is 24.9 Å². The van der Waals surface area contributed by atoms with Gasteiger partial charge in [-0.3, -0.25) is 4.90 Å². The van der Waals surface area contributed by atoms with Crippen LogP contribution in [0.3, 0.4) is 0 Å². The molecule has 20 heavy (non-hydrogen) atoms. The average molecular weight is 272 g/mol. The van der Waals surface area contributed by atoms with Crippen molar-refractivity contribution in [2.75, 3.05) is 13.1 Å². The van der Waals surface area contributed by atoms with Crippen molar-refractivity contribution in [3.8, 4) is 0 Å². The zero-order valence-electron chi connectivity index (χ0n) is 12.7. The Hall–Kier alpha value is -0.860. The van der Waals surface area contributed by atoms with Crippen LogP contribution in [0.25, 0.3) is 0 Å². The summed E-state index contributed by atoms with van der Waals surface area (Å²) in [6.07, 6.45) is 8.16. The molecule has 1 aromatic carbocycles. The van der Waals surface area contributed by atoms with E-state index < -0.39 is 0 Å². The van der Waals surface area contributed by atoms with Gasteiger partial charge < -0.3 is 5.73 Å². The van der Waals surface area contributed by atoms with Gasteiger partial charge in [-0.2, -0.15) is 0 Å². The predicted molar refractivity (Wildman–Crippen MR) is 84.7 cm³/mol. The van der Waals surface area contributed by atoms with Gasteiger partial charge in [0.2, 0.25) is 0 Å². The van der Waals surface area contributed by atoms with E-state index in [1.165, 1.54) is 49.8 Å². The highest BCUT2D eigenvalue weighted by molar-refractivity contribution is 5.31. The summed E-state index contributed by atoms with van der Waals surface area (Å²) in [7, 11) is 0. The molecule has 2 aliphatic rings. The number of hydrogen-bond acceptors (Lipinski definition) is 2. The van der Waals surface area contributed by atoms with Crippen LogP contribution < -0.4 is 5.73 Å². The van der Waals surface area contributed by atoms with Crippen molar-refractivity contribution < 1.29 is 0 Å². The van der Waals surface area contributed by atoms with Crippen LogP contribution in [0, 0.1) is 5.92 Å². The maximum Gasteiger partial charge on any atom is 0.0476 e. The molecule has 0 bridgehead atoms. The Kier molecular flexibility index (Phi) is 4.42. The Morgan fingerprint density at radius 2 is 2.00 bits per heavy atom. The molecule has 0 aromatic heterocycles. The summed E-state index contributed by atoms with van der Waals surface area (Å²) in [5, 5.41) is 0. The highest BCUT2D eigenvalue weighted by atomic mass is 15.2. The number of likely N-dealkylation sites (tertiary alicyclic amines) is 1. The van der Waals surface area contributed by atoms with Gasteiger partial charge in [-0.1, -0.05) is 44.0 Å². The molecule has 0 spiro atoms. The first kappa shape index (κ1) is 14.1. The molecule has 2 heteroatoms. The number of benzene rings is 1. The van der Waals surface area contributed by atoms with Crippen molar-refractivity contribution in [2.24, 2.45) is 11.7 Å². The van der Waals surface area contributed by atoms with E-state index in [4.69, 9.17) is 5.73 Å². The number of rotatable bonds is 4. The predicted octanol–water partition coefficient (Wildman–Crippen LogP) is 3.51. The van der Waals surface area contributed by atoms with Gasteiger partial charge in [-0.25, -0.2) is 0 Å². The molecular formula is C18H28N2. The van der Waals surface area contributed by atoms with Gasteiger partial charge in [0.15, 0.2) is 0 Å². The lowest BCUT2D eigenvalue weighted by Gasteiger charge is -2.37. The number of aryl methyl sites for hydroxylation is 1. The molecule has 110 valence electrons. The highest BCUT2D eigenvalue weighted by Crippen LogP contribution is 2.40. The van der Waals surface area contributed by atoms with Gasteiger partial charge in [0.25, 0.3) is 0 Å². The van der Waals surface area contributed by atoms with Gasteiger partial charge in [0, 0.05) is 18.6 Å². The minimum atomic E-state index is 0.430. The second kappa shape index (κ2) is 6.28. The molecule has 0 amide bonds. The molecule has 3 unspecified atom stereocenters.